The standard InChI is InChI=1S/C20H16O2/c1-3-9-15(4-2)19(21)17-12-8-13-18(14-17)20(22)16-10-6-5-7-11-16/h3-14H,1-2H2/b15-9+. The fourth-order valence-electron chi connectivity index (χ4n) is 2.09. The molecule has 0 aromatic heterocycles. The van der Waals surface area contributed by atoms with E-state index < -0.39 is 0 Å². The van der Waals surface area contributed by atoms with Gasteiger partial charge in [0, 0.05) is 22.3 Å². The van der Waals surface area contributed by atoms with Gasteiger partial charge in [0.1, 0.15) is 0 Å². The second kappa shape index (κ2) is 7.14. The number of hydrogen-bond acceptors (Lipinski definition) is 2. The summed E-state index contributed by atoms with van der Waals surface area (Å²) in [4.78, 5) is 24.8. The lowest BCUT2D eigenvalue weighted by Crippen LogP contribution is -2.06. The Kier molecular flexibility index (Phi) is 4.99. The minimum Gasteiger partial charge on any atom is -0.289 e. The molecule has 0 unspecified atom stereocenters. The van der Waals surface area contributed by atoms with Gasteiger partial charge in [-0.3, -0.25) is 9.59 Å². The van der Waals surface area contributed by atoms with Crippen molar-refractivity contribution in [2.75, 3.05) is 0 Å². The Balaban J connectivity index is 2.37. The van der Waals surface area contributed by atoms with Crippen molar-refractivity contribution < 1.29 is 9.59 Å². The second-order valence-corrected chi connectivity index (χ2v) is 4.67. The van der Waals surface area contributed by atoms with E-state index in [0.29, 0.717) is 22.3 Å². The SMILES string of the molecule is C=C/C=C(\C=C)C(=O)c1cccc(C(=O)c2ccccc2)c1. The Bertz CT molecular complexity index is 752. The van der Waals surface area contributed by atoms with Crippen molar-refractivity contribution in [2.24, 2.45) is 0 Å². The predicted octanol–water partition coefficient (Wildman–Crippen LogP) is 4.40. The maximum atomic E-state index is 12.4. The van der Waals surface area contributed by atoms with Gasteiger partial charge in [0.05, 0.1) is 0 Å². The number of Topliss-reactive ketones (excluding diaryl/α,β-unsaturated/α-hetero) is 1. The number of carbonyl (C=O) groups excluding carboxylic acids is 2. The van der Waals surface area contributed by atoms with Gasteiger partial charge < -0.3 is 0 Å². The highest BCUT2D eigenvalue weighted by atomic mass is 16.1. The molecule has 0 aliphatic carbocycles. The summed E-state index contributed by atoms with van der Waals surface area (Å²) in [7, 11) is 0. The van der Waals surface area contributed by atoms with Gasteiger partial charge in [-0.05, 0) is 6.07 Å². The molecular formula is C20H16O2. The van der Waals surface area contributed by atoms with Crippen molar-refractivity contribution in [3.05, 3.63) is 108 Å². The van der Waals surface area contributed by atoms with Crippen LogP contribution in [0.3, 0.4) is 0 Å². The summed E-state index contributed by atoms with van der Waals surface area (Å²) in [5.74, 6) is -0.291. The molecule has 0 heterocycles. The average Bonchev–Trinajstić information content (AvgIpc) is 2.59. The number of rotatable bonds is 6. The van der Waals surface area contributed by atoms with Crippen LogP contribution in [0.5, 0.6) is 0 Å². The minimum atomic E-state index is -0.183. The number of carbonyl (C=O) groups is 2. The smallest absolute Gasteiger partial charge is 0.193 e. The van der Waals surface area contributed by atoms with Gasteiger partial charge in [-0.1, -0.05) is 79.9 Å². The third-order valence-corrected chi connectivity index (χ3v) is 3.20. The number of hydrogen-bond donors (Lipinski definition) is 0. The van der Waals surface area contributed by atoms with Gasteiger partial charge in [-0.25, -0.2) is 0 Å². The molecule has 0 saturated heterocycles. The third kappa shape index (κ3) is 3.36. The molecule has 0 aliphatic heterocycles. The van der Waals surface area contributed by atoms with E-state index in [9.17, 15) is 9.59 Å². The molecule has 0 bridgehead atoms. The zero-order chi connectivity index (χ0) is 15.9. The van der Waals surface area contributed by atoms with Crippen LogP contribution in [0.4, 0.5) is 0 Å². The van der Waals surface area contributed by atoms with Crippen LogP contribution < -0.4 is 0 Å². The first-order valence-corrected chi connectivity index (χ1v) is 6.87. The zero-order valence-corrected chi connectivity index (χ0v) is 12.2. The van der Waals surface area contributed by atoms with Crippen LogP contribution >= 0.6 is 0 Å². The normalized spacial score (nSPS) is 10.8. The van der Waals surface area contributed by atoms with Gasteiger partial charge in [-0.2, -0.15) is 0 Å². The van der Waals surface area contributed by atoms with E-state index in [0.717, 1.165) is 0 Å². The number of benzene rings is 2. The minimum absolute atomic E-state index is 0.108. The molecule has 108 valence electrons. The van der Waals surface area contributed by atoms with Gasteiger partial charge in [0.25, 0.3) is 0 Å². The zero-order valence-electron chi connectivity index (χ0n) is 12.2. The highest BCUT2D eigenvalue weighted by Gasteiger charge is 2.13. The molecule has 22 heavy (non-hydrogen) atoms. The lowest BCUT2D eigenvalue weighted by molar-refractivity contribution is 0.103. The Hall–Kier alpha value is -3.00. The molecule has 0 atom stereocenters. The molecule has 0 N–H and O–H groups in total. The molecule has 2 heteroatoms. The summed E-state index contributed by atoms with van der Waals surface area (Å²) in [5.41, 5.74) is 1.98. The van der Waals surface area contributed by atoms with E-state index in [4.69, 9.17) is 0 Å². The maximum Gasteiger partial charge on any atom is 0.193 e. The van der Waals surface area contributed by atoms with Crippen molar-refractivity contribution in [1.29, 1.82) is 0 Å². The highest BCUT2D eigenvalue weighted by molar-refractivity contribution is 6.14. The number of ketones is 2. The Morgan fingerprint density at radius 2 is 1.45 bits per heavy atom. The molecule has 2 rings (SSSR count). The van der Waals surface area contributed by atoms with E-state index in [1.165, 1.54) is 12.2 Å². The first-order chi connectivity index (χ1) is 10.7. The number of allylic oxidation sites excluding steroid dienone is 4. The van der Waals surface area contributed by atoms with Crippen molar-refractivity contribution in [3.8, 4) is 0 Å². The van der Waals surface area contributed by atoms with Crippen LogP contribution in [-0.4, -0.2) is 11.6 Å². The average molecular weight is 288 g/mol. The van der Waals surface area contributed by atoms with Crippen LogP contribution in [0.1, 0.15) is 26.3 Å². The van der Waals surface area contributed by atoms with E-state index >= 15 is 0 Å². The summed E-state index contributed by atoms with van der Waals surface area (Å²) in [6.45, 7) is 7.21. The van der Waals surface area contributed by atoms with E-state index in [1.54, 1.807) is 42.5 Å². The second-order valence-electron chi connectivity index (χ2n) is 4.67. The first kappa shape index (κ1) is 15.4. The van der Waals surface area contributed by atoms with Crippen LogP contribution in [0, 0.1) is 0 Å². The molecule has 0 radical (unpaired) electrons. The highest BCUT2D eigenvalue weighted by Crippen LogP contribution is 2.15. The van der Waals surface area contributed by atoms with Gasteiger partial charge in [0.2, 0.25) is 0 Å². The van der Waals surface area contributed by atoms with Crippen LogP contribution in [0.2, 0.25) is 0 Å². The molecule has 0 spiro atoms. The fraction of sp³-hybridized carbons (Fsp3) is 0. The summed E-state index contributed by atoms with van der Waals surface area (Å²) in [5, 5.41) is 0. The van der Waals surface area contributed by atoms with Crippen LogP contribution in [0.25, 0.3) is 0 Å². The predicted molar refractivity (Wildman–Crippen MR) is 89.1 cm³/mol. The topological polar surface area (TPSA) is 34.1 Å². The lowest BCUT2D eigenvalue weighted by Gasteiger charge is -2.05. The summed E-state index contributed by atoms with van der Waals surface area (Å²) in [6.07, 6.45) is 4.62. The van der Waals surface area contributed by atoms with Crippen molar-refractivity contribution in [1.82, 2.24) is 0 Å². The van der Waals surface area contributed by atoms with Crippen LogP contribution in [0.15, 0.2) is 91.6 Å². The molecule has 0 fully saturated rings. The molecule has 2 nitrogen and oxygen atoms in total. The molecular weight excluding hydrogens is 272 g/mol. The summed E-state index contributed by atoms with van der Waals surface area (Å²) >= 11 is 0. The molecule has 2 aromatic carbocycles. The van der Waals surface area contributed by atoms with Gasteiger partial charge >= 0.3 is 0 Å². The Labute approximate surface area is 130 Å². The van der Waals surface area contributed by atoms with Crippen molar-refractivity contribution in [3.63, 3.8) is 0 Å². The first-order valence-electron chi connectivity index (χ1n) is 6.87. The van der Waals surface area contributed by atoms with Gasteiger partial charge in [-0.15, -0.1) is 0 Å². The molecule has 2 aromatic rings. The molecule has 0 aliphatic rings. The summed E-state index contributed by atoms with van der Waals surface area (Å²) in [6, 6.07) is 15.7. The van der Waals surface area contributed by atoms with E-state index in [2.05, 4.69) is 13.2 Å². The van der Waals surface area contributed by atoms with E-state index in [-0.39, 0.29) is 11.6 Å². The third-order valence-electron chi connectivity index (χ3n) is 3.20. The monoisotopic (exact) mass is 288 g/mol. The quantitative estimate of drug-likeness (QED) is 0.448. The lowest BCUT2D eigenvalue weighted by atomic mass is 9.97. The van der Waals surface area contributed by atoms with Gasteiger partial charge in [0.15, 0.2) is 11.6 Å². The molecule has 0 amide bonds. The van der Waals surface area contributed by atoms with E-state index in [1.807, 2.05) is 18.2 Å². The summed E-state index contributed by atoms with van der Waals surface area (Å²) < 4.78 is 0. The fourth-order valence-corrected chi connectivity index (χ4v) is 2.09. The van der Waals surface area contributed by atoms with Crippen molar-refractivity contribution >= 4 is 11.6 Å². The maximum absolute atomic E-state index is 12.4. The molecule has 0 saturated carbocycles. The van der Waals surface area contributed by atoms with Crippen molar-refractivity contribution in [2.45, 2.75) is 0 Å². The Morgan fingerprint density at radius 1 is 0.818 bits per heavy atom. The van der Waals surface area contributed by atoms with Crippen LogP contribution in [-0.2, 0) is 0 Å². The Morgan fingerprint density at radius 3 is 2.09 bits per heavy atom. The largest absolute Gasteiger partial charge is 0.289 e.